The summed E-state index contributed by atoms with van der Waals surface area (Å²) >= 11 is 1.75. The summed E-state index contributed by atoms with van der Waals surface area (Å²) in [7, 11) is 0. The molecule has 0 radical (unpaired) electrons. The molecular formula is C34H50N6S. The fourth-order valence-corrected chi connectivity index (χ4v) is 8.03. The van der Waals surface area contributed by atoms with E-state index in [9.17, 15) is 0 Å². The van der Waals surface area contributed by atoms with Gasteiger partial charge in [0.1, 0.15) is 5.01 Å². The van der Waals surface area contributed by atoms with Gasteiger partial charge in [-0.15, -0.1) is 11.3 Å². The molecule has 6 nitrogen and oxygen atoms in total. The summed E-state index contributed by atoms with van der Waals surface area (Å²) in [6.45, 7) is 21.8. The number of benzene rings is 1. The van der Waals surface area contributed by atoms with E-state index in [2.05, 4.69) is 95.0 Å². The molecule has 0 spiro atoms. The van der Waals surface area contributed by atoms with Crippen molar-refractivity contribution < 1.29 is 0 Å². The summed E-state index contributed by atoms with van der Waals surface area (Å²) in [5.41, 5.74) is 7.06. The average Bonchev–Trinajstić information content (AvgIpc) is 3.67. The molecule has 2 aliphatic rings. The number of allylic oxidation sites excluding steroid dienone is 1. The lowest BCUT2D eigenvalue weighted by atomic mass is 9.69. The molecule has 1 N–H and O–H groups in total. The molecule has 1 saturated heterocycles. The molecular weight excluding hydrogens is 524 g/mol. The van der Waals surface area contributed by atoms with Gasteiger partial charge in [-0.3, -0.25) is 9.58 Å². The van der Waals surface area contributed by atoms with E-state index in [0.717, 1.165) is 75.0 Å². The van der Waals surface area contributed by atoms with Gasteiger partial charge in [-0.2, -0.15) is 5.10 Å². The second kappa shape index (κ2) is 13.2. The molecule has 1 aromatic carbocycles. The maximum absolute atomic E-state index is 4.98. The van der Waals surface area contributed by atoms with Crippen LogP contribution in [0.15, 0.2) is 54.3 Å². The quantitative estimate of drug-likeness (QED) is 0.234. The predicted molar refractivity (Wildman–Crippen MR) is 172 cm³/mol. The highest BCUT2D eigenvalue weighted by Gasteiger charge is 2.40. The van der Waals surface area contributed by atoms with Gasteiger partial charge in [-0.05, 0) is 61.0 Å². The normalized spacial score (nSPS) is 17.2. The van der Waals surface area contributed by atoms with E-state index in [1.165, 1.54) is 37.8 Å². The van der Waals surface area contributed by atoms with E-state index in [4.69, 9.17) is 4.98 Å². The van der Waals surface area contributed by atoms with Gasteiger partial charge >= 0.3 is 0 Å². The molecule has 2 aromatic heterocycles. The van der Waals surface area contributed by atoms with Crippen molar-refractivity contribution in [2.75, 3.05) is 39.3 Å². The third-order valence-electron chi connectivity index (χ3n) is 9.06. The Morgan fingerprint density at radius 3 is 2.51 bits per heavy atom. The number of hydrogen-bond donors (Lipinski definition) is 1. The summed E-state index contributed by atoms with van der Waals surface area (Å²) < 4.78 is 2.08. The Hall–Kier alpha value is -2.48. The molecule has 0 bridgehead atoms. The number of fused-ring (bicyclic) bond motifs is 1. The van der Waals surface area contributed by atoms with Gasteiger partial charge in [-0.1, -0.05) is 58.0 Å². The molecule has 7 heteroatoms. The highest BCUT2D eigenvalue weighted by molar-refractivity contribution is 7.09. The van der Waals surface area contributed by atoms with E-state index in [0.29, 0.717) is 5.41 Å². The van der Waals surface area contributed by atoms with Crippen molar-refractivity contribution in [3.63, 3.8) is 0 Å². The Morgan fingerprint density at radius 1 is 1.10 bits per heavy atom. The summed E-state index contributed by atoms with van der Waals surface area (Å²) in [5.74, 6) is 0. The van der Waals surface area contributed by atoms with Gasteiger partial charge in [0.15, 0.2) is 0 Å². The number of hydrogen-bond acceptors (Lipinski definition) is 6. The third kappa shape index (κ3) is 7.88. The summed E-state index contributed by atoms with van der Waals surface area (Å²) in [6, 6.07) is 9.07. The number of aryl methyl sites for hydroxylation is 1. The Kier molecular flexibility index (Phi) is 9.67. The van der Waals surface area contributed by atoms with Crippen molar-refractivity contribution in [2.24, 2.45) is 10.8 Å². The Labute approximate surface area is 251 Å². The van der Waals surface area contributed by atoms with Crippen LogP contribution >= 0.6 is 11.3 Å². The van der Waals surface area contributed by atoms with Crippen molar-refractivity contribution in [3.8, 4) is 11.3 Å². The minimum Gasteiger partial charge on any atom is -0.373 e. The molecule has 1 aliphatic carbocycles. The van der Waals surface area contributed by atoms with Gasteiger partial charge in [0.2, 0.25) is 0 Å². The Morgan fingerprint density at radius 2 is 1.83 bits per heavy atom. The van der Waals surface area contributed by atoms with Crippen molar-refractivity contribution in [1.82, 2.24) is 29.9 Å². The number of thiazole rings is 1. The number of piperazine rings is 1. The molecule has 5 rings (SSSR count). The average molecular weight is 575 g/mol. The lowest BCUT2D eigenvalue weighted by Gasteiger charge is -2.38. The van der Waals surface area contributed by atoms with E-state index in [1.54, 1.807) is 22.5 Å². The molecule has 3 aromatic rings. The summed E-state index contributed by atoms with van der Waals surface area (Å²) in [5, 5.41) is 11.8. The van der Waals surface area contributed by atoms with Gasteiger partial charge in [-0.25, -0.2) is 4.98 Å². The van der Waals surface area contributed by atoms with Crippen molar-refractivity contribution in [1.29, 1.82) is 0 Å². The van der Waals surface area contributed by atoms with Crippen LogP contribution in [0.3, 0.4) is 0 Å². The van der Waals surface area contributed by atoms with Crippen LogP contribution < -0.4 is 5.32 Å². The van der Waals surface area contributed by atoms with Gasteiger partial charge in [0, 0.05) is 75.2 Å². The third-order valence-corrected chi connectivity index (χ3v) is 9.91. The predicted octanol–water partition coefficient (Wildman–Crippen LogP) is 6.64. The van der Waals surface area contributed by atoms with E-state index < -0.39 is 0 Å². The zero-order valence-electron chi connectivity index (χ0n) is 25.8. The first-order chi connectivity index (χ1) is 19.7. The van der Waals surface area contributed by atoms with Crippen LogP contribution in [0.25, 0.3) is 11.3 Å². The number of aromatic nitrogens is 3. The van der Waals surface area contributed by atoms with Crippen molar-refractivity contribution in [2.45, 2.75) is 79.3 Å². The van der Waals surface area contributed by atoms with Crippen LogP contribution in [-0.4, -0.2) is 63.8 Å². The Bertz CT molecular complexity index is 1260. The van der Waals surface area contributed by atoms with E-state index >= 15 is 0 Å². The fraction of sp³-hybridized carbons (Fsp3) is 0.588. The summed E-state index contributed by atoms with van der Waals surface area (Å²) in [4.78, 5) is 9.92. The van der Waals surface area contributed by atoms with Crippen LogP contribution in [0.5, 0.6) is 0 Å². The zero-order chi connectivity index (χ0) is 28.9. The summed E-state index contributed by atoms with van der Waals surface area (Å²) in [6.07, 6.45) is 11.4. The van der Waals surface area contributed by atoms with E-state index in [1.807, 2.05) is 6.20 Å². The zero-order valence-corrected chi connectivity index (χ0v) is 26.6. The SMILES string of the molecule is C=C(C)N1CCN(CCCn2cc(-c3csc(CNCC4(CC(C)(C)CCC)Cc5ccccc5C4)n3)cn2)CC1. The van der Waals surface area contributed by atoms with Gasteiger partial charge in [0.25, 0.3) is 0 Å². The maximum Gasteiger partial charge on any atom is 0.107 e. The molecule has 3 heterocycles. The molecule has 0 atom stereocenters. The van der Waals surface area contributed by atoms with E-state index in [-0.39, 0.29) is 5.41 Å². The number of nitrogens with one attached hydrogen (secondary N) is 1. The van der Waals surface area contributed by atoms with Crippen LogP contribution in [0, 0.1) is 10.8 Å². The van der Waals surface area contributed by atoms with Gasteiger partial charge in [0.05, 0.1) is 11.9 Å². The number of rotatable bonds is 14. The lowest BCUT2D eigenvalue weighted by Crippen LogP contribution is -2.45. The second-order valence-electron chi connectivity index (χ2n) is 13.4. The topological polar surface area (TPSA) is 49.2 Å². The first-order valence-electron chi connectivity index (χ1n) is 15.6. The van der Waals surface area contributed by atoms with Crippen LogP contribution in [0.4, 0.5) is 0 Å². The first kappa shape index (κ1) is 30.0. The monoisotopic (exact) mass is 574 g/mol. The molecule has 41 heavy (non-hydrogen) atoms. The second-order valence-corrected chi connectivity index (χ2v) is 14.3. The highest BCUT2D eigenvalue weighted by Crippen LogP contribution is 2.46. The minimum absolute atomic E-state index is 0.280. The van der Waals surface area contributed by atoms with Gasteiger partial charge < -0.3 is 10.2 Å². The molecule has 1 fully saturated rings. The Balaban J connectivity index is 1.11. The molecule has 0 saturated carbocycles. The fourth-order valence-electron chi connectivity index (χ4n) is 7.25. The van der Waals surface area contributed by atoms with Crippen LogP contribution in [-0.2, 0) is 25.9 Å². The molecule has 0 amide bonds. The standard InChI is InChI=1S/C34H50N6S/c1-6-12-33(4,5)25-34(19-28-10-7-8-11-29(28)20-34)26-35-22-32-37-31(24-41-32)30-21-36-40(23-30)14-9-13-38-15-17-39(18-16-38)27(2)3/h7-8,10-11,21,23-24,35H,2,6,9,12-20,22,25-26H2,1,3-5H3. The highest BCUT2D eigenvalue weighted by atomic mass is 32.1. The van der Waals surface area contributed by atoms with Crippen molar-refractivity contribution in [3.05, 3.63) is 70.4 Å². The lowest BCUT2D eigenvalue weighted by molar-refractivity contribution is 0.150. The number of nitrogens with zero attached hydrogens (tertiary/aromatic N) is 5. The minimum atomic E-state index is 0.280. The smallest absolute Gasteiger partial charge is 0.107 e. The largest absolute Gasteiger partial charge is 0.373 e. The van der Waals surface area contributed by atoms with Crippen LogP contribution in [0.2, 0.25) is 0 Å². The molecule has 0 unspecified atom stereocenters. The first-order valence-corrected chi connectivity index (χ1v) is 16.5. The maximum atomic E-state index is 4.98. The van der Waals surface area contributed by atoms with Crippen molar-refractivity contribution >= 4 is 11.3 Å². The molecule has 222 valence electrons. The molecule has 1 aliphatic heterocycles. The van der Waals surface area contributed by atoms with Crippen LogP contribution in [0.1, 0.15) is 69.5 Å².